The molecule has 1 heterocycles. The molecule has 1 saturated carbocycles. The summed E-state index contributed by atoms with van der Waals surface area (Å²) in [5, 5.41) is 10.0. The lowest BCUT2D eigenvalue weighted by Crippen LogP contribution is -2.59. The van der Waals surface area contributed by atoms with Crippen molar-refractivity contribution in [2.75, 3.05) is 6.54 Å². The summed E-state index contributed by atoms with van der Waals surface area (Å²) in [6.07, 6.45) is 4.32. The highest BCUT2D eigenvalue weighted by Gasteiger charge is 2.39. The first-order valence-electron chi connectivity index (χ1n) is 7.74. The van der Waals surface area contributed by atoms with Crippen molar-refractivity contribution in [3.05, 3.63) is 11.6 Å². The van der Waals surface area contributed by atoms with Gasteiger partial charge in [-0.25, -0.2) is 4.98 Å². The Morgan fingerprint density at radius 2 is 2.19 bits per heavy atom. The topological polar surface area (TPSA) is 96.7 Å². The number of aromatic nitrogens is 3. The maximum atomic E-state index is 12.5. The third kappa shape index (κ3) is 3.26. The summed E-state index contributed by atoms with van der Waals surface area (Å²) in [4.78, 5) is 16.8. The van der Waals surface area contributed by atoms with E-state index in [1.165, 1.54) is 6.42 Å². The fourth-order valence-corrected chi connectivity index (χ4v) is 2.93. The lowest BCUT2D eigenvalue weighted by Gasteiger charge is -2.42. The number of hydrogen-bond acceptors (Lipinski definition) is 4. The fraction of sp³-hybridized carbons (Fsp3) is 0.800. The number of rotatable bonds is 3. The zero-order chi connectivity index (χ0) is 15.7. The van der Waals surface area contributed by atoms with Gasteiger partial charge in [0.1, 0.15) is 5.82 Å². The molecule has 0 saturated heterocycles. The number of carbonyl (C=O) groups is 1. The highest BCUT2D eigenvalue weighted by atomic mass is 16.2. The molecule has 118 valence electrons. The zero-order valence-electron chi connectivity index (χ0n) is 13.5. The number of H-pyrrole nitrogens is 1. The smallest absolute Gasteiger partial charge is 0.291 e. The predicted octanol–water partition coefficient (Wildman–Crippen LogP) is 1.74. The molecule has 1 fully saturated rings. The second-order valence-corrected chi connectivity index (χ2v) is 7.22. The molecule has 6 heteroatoms. The van der Waals surface area contributed by atoms with Gasteiger partial charge in [-0.05, 0) is 18.8 Å². The minimum Gasteiger partial charge on any atom is -0.342 e. The van der Waals surface area contributed by atoms with Crippen LogP contribution in [0.3, 0.4) is 0 Å². The standard InChI is InChI=1S/C15H27N5O/c1-10-7-5-6-8-15(10,9-16)18-12(21)11-17-13(20-19-11)14(2,3)4/h10H,5-9,16H2,1-4H3,(H,18,21)(H,17,19,20). The molecule has 2 unspecified atom stereocenters. The van der Waals surface area contributed by atoms with E-state index in [1.807, 2.05) is 20.8 Å². The second-order valence-electron chi connectivity index (χ2n) is 7.22. The molecule has 1 amide bonds. The number of amides is 1. The van der Waals surface area contributed by atoms with Crippen molar-refractivity contribution in [3.8, 4) is 0 Å². The molecular formula is C15H27N5O. The maximum Gasteiger partial charge on any atom is 0.291 e. The third-order valence-electron chi connectivity index (χ3n) is 4.58. The van der Waals surface area contributed by atoms with Crippen LogP contribution in [0.15, 0.2) is 0 Å². The van der Waals surface area contributed by atoms with Crippen LogP contribution in [-0.4, -0.2) is 33.2 Å². The molecule has 1 aliphatic rings. The monoisotopic (exact) mass is 293 g/mol. The molecule has 2 rings (SSSR count). The number of aromatic amines is 1. The van der Waals surface area contributed by atoms with Gasteiger partial charge in [0, 0.05) is 12.0 Å². The lowest BCUT2D eigenvalue weighted by molar-refractivity contribution is 0.0802. The van der Waals surface area contributed by atoms with Crippen LogP contribution in [0.5, 0.6) is 0 Å². The number of carbonyl (C=O) groups excluding carboxylic acids is 1. The minimum atomic E-state index is -0.322. The van der Waals surface area contributed by atoms with Gasteiger partial charge in [-0.15, -0.1) is 5.10 Å². The van der Waals surface area contributed by atoms with Crippen molar-refractivity contribution >= 4 is 5.91 Å². The van der Waals surface area contributed by atoms with E-state index in [2.05, 4.69) is 27.4 Å². The summed E-state index contributed by atoms with van der Waals surface area (Å²) in [5.41, 5.74) is 5.49. The van der Waals surface area contributed by atoms with E-state index in [4.69, 9.17) is 5.73 Å². The average Bonchev–Trinajstić information content (AvgIpc) is 2.91. The Hall–Kier alpha value is -1.43. The summed E-state index contributed by atoms with van der Waals surface area (Å²) in [6.45, 7) is 8.70. The number of nitrogens with one attached hydrogen (secondary N) is 2. The van der Waals surface area contributed by atoms with Crippen LogP contribution in [0, 0.1) is 5.92 Å². The molecule has 1 aromatic heterocycles. The van der Waals surface area contributed by atoms with Gasteiger partial charge in [0.2, 0.25) is 5.82 Å². The van der Waals surface area contributed by atoms with Crippen molar-refractivity contribution in [1.29, 1.82) is 0 Å². The molecule has 21 heavy (non-hydrogen) atoms. The van der Waals surface area contributed by atoms with Crippen LogP contribution in [0.1, 0.15) is 69.8 Å². The molecule has 0 aliphatic heterocycles. The second kappa shape index (κ2) is 5.75. The van der Waals surface area contributed by atoms with Crippen molar-refractivity contribution in [2.45, 2.75) is 64.3 Å². The Bertz CT molecular complexity index is 504. The number of nitrogens with zero attached hydrogens (tertiary/aromatic N) is 2. The van der Waals surface area contributed by atoms with Crippen molar-refractivity contribution in [3.63, 3.8) is 0 Å². The van der Waals surface area contributed by atoms with E-state index in [0.29, 0.717) is 18.3 Å². The van der Waals surface area contributed by atoms with Crippen LogP contribution in [0.25, 0.3) is 0 Å². The summed E-state index contributed by atoms with van der Waals surface area (Å²) in [5.74, 6) is 1.05. The average molecular weight is 293 g/mol. The van der Waals surface area contributed by atoms with E-state index in [9.17, 15) is 4.79 Å². The van der Waals surface area contributed by atoms with E-state index >= 15 is 0 Å². The molecule has 1 aliphatic carbocycles. The van der Waals surface area contributed by atoms with E-state index in [-0.39, 0.29) is 22.7 Å². The fourth-order valence-electron chi connectivity index (χ4n) is 2.93. The van der Waals surface area contributed by atoms with Gasteiger partial charge >= 0.3 is 0 Å². The first kappa shape index (κ1) is 15.9. The molecule has 2 atom stereocenters. The van der Waals surface area contributed by atoms with Crippen LogP contribution in [-0.2, 0) is 5.41 Å². The Kier molecular flexibility index (Phi) is 4.37. The van der Waals surface area contributed by atoms with Gasteiger partial charge in [0.05, 0.1) is 5.54 Å². The van der Waals surface area contributed by atoms with E-state index in [0.717, 1.165) is 19.3 Å². The Balaban J connectivity index is 2.14. The number of nitrogens with two attached hydrogens (primary N) is 1. The minimum absolute atomic E-state index is 0.158. The van der Waals surface area contributed by atoms with Gasteiger partial charge in [0.25, 0.3) is 5.91 Å². The number of hydrogen-bond donors (Lipinski definition) is 3. The molecule has 0 aromatic carbocycles. The van der Waals surface area contributed by atoms with Gasteiger partial charge < -0.3 is 11.1 Å². The van der Waals surface area contributed by atoms with Crippen molar-refractivity contribution in [2.24, 2.45) is 11.7 Å². The molecular weight excluding hydrogens is 266 g/mol. The molecule has 1 aromatic rings. The van der Waals surface area contributed by atoms with Crippen LogP contribution < -0.4 is 11.1 Å². The zero-order valence-corrected chi connectivity index (χ0v) is 13.5. The normalized spacial score (nSPS) is 26.6. The molecule has 0 radical (unpaired) electrons. The quantitative estimate of drug-likeness (QED) is 0.790. The largest absolute Gasteiger partial charge is 0.342 e. The van der Waals surface area contributed by atoms with Gasteiger partial charge in [0.15, 0.2) is 0 Å². The maximum absolute atomic E-state index is 12.5. The first-order valence-corrected chi connectivity index (χ1v) is 7.74. The Labute approximate surface area is 126 Å². The predicted molar refractivity (Wildman–Crippen MR) is 82.0 cm³/mol. The van der Waals surface area contributed by atoms with Gasteiger partial charge in [-0.3, -0.25) is 9.89 Å². The lowest BCUT2D eigenvalue weighted by atomic mass is 9.73. The van der Waals surface area contributed by atoms with Crippen LogP contribution in [0.2, 0.25) is 0 Å². The molecule has 6 nitrogen and oxygen atoms in total. The van der Waals surface area contributed by atoms with Crippen molar-refractivity contribution < 1.29 is 4.79 Å². The van der Waals surface area contributed by atoms with Crippen LogP contribution >= 0.6 is 0 Å². The van der Waals surface area contributed by atoms with Gasteiger partial charge in [-0.1, -0.05) is 40.5 Å². The summed E-state index contributed by atoms with van der Waals surface area (Å²) >= 11 is 0. The van der Waals surface area contributed by atoms with Gasteiger partial charge in [-0.2, -0.15) is 0 Å². The summed E-state index contributed by atoms with van der Waals surface area (Å²) < 4.78 is 0. The summed E-state index contributed by atoms with van der Waals surface area (Å²) in [6, 6.07) is 0. The highest BCUT2D eigenvalue weighted by molar-refractivity contribution is 5.91. The molecule has 4 N–H and O–H groups in total. The third-order valence-corrected chi connectivity index (χ3v) is 4.58. The Morgan fingerprint density at radius 3 is 2.71 bits per heavy atom. The SMILES string of the molecule is CC1CCCCC1(CN)NC(=O)c1n[nH]c(C(C)(C)C)n1. The van der Waals surface area contributed by atoms with Crippen molar-refractivity contribution in [1.82, 2.24) is 20.5 Å². The summed E-state index contributed by atoms with van der Waals surface area (Å²) in [7, 11) is 0. The molecule has 0 bridgehead atoms. The molecule has 0 spiro atoms. The van der Waals surface area contributed by atoms with Crippen LogP contribution in [0.4, 0.5) is 0 Å². The highest BCUT2D eigenvalue weighted by Crippen LogP contribution is 2.33. The van der Waals surface area contributed by atoms with E-state index < -0.39 is 0 Å². The first-order chi connectivity index (χ1) is 9.78. The Morgan fingerprint density at radius 1 is 1.48 bits per heavy atom. The van der Waals surface area contributed by atoms with E-state index in [1.54, 1.807) is 0 Å².